The van der Waals surface area contributed by atoms with Gasteiger partial charge >= 0.3 is 6.03 Å². The van der Waals surface area contributed by atoms with Gasteiger partial charge in [-0.3, -0.25) is 14.4 Å². The smallest absolute Gasteiger partial charge is 0.315 e. The number of hydrogen-bond acceptors (Lipinski definition) is 5. The van der Waals surface area contributed by atoms with E-state index in [1.807, 2.05) is 34.4 Å². The maximum Gasteiger partial charge on any atom is 0.315 e. The molecule has 2 aromatic carbocycles. The van der Waals surface area contributed by atoms with Crippen molar-refractivity contribution < 1.29 is 19.2 Å². The third-order valence-corrected chi connectivity index (χ3v) is 8.27. The van der Waals surface area contributed by atoms with Crippen molar-refractivity contribution in [3.63, 3.8) is 0 Å². The molecule has 2 aliphatic heterocycles. The fourth-order valence-corrected chi connectivity index (χ4v) is 6.00. The van der Waals surface area contributed by atoms with Crippen LogP contribution in [0.4, 0.5) is 16.2 Å². The van der Waals surface area contributed by atoms with Crippen molar-refractivity contribution in [1.82, 2.24) is 10.6 Å². The molecule has 0 radical (unpaired) electrons. The van der Waals surface area contributed by atoms with Crippen LogP contribution in [0.2, 0.25) is 0 Å². The van der Waals surface area contributed by atoms with Gasteiger partial charge in [0.05, 0.1) is 16.5 Å². The Bertz CT molecular complexity index is 1090. The molecule has 2 saturated heterocycles. The second kappa shape index (κ2) is 11.9. The molecule has 2 aromatic rings. The van der Waals surface area contributed by atoms with Gasteiger partial charge in [-0.1, -0.05) is 29.0 Å². The Labute approximate surface area is 221 Å². The van der Waals surface area contributed by atoms with Gasteiger partial charge in [-0.25, -0.2) is 4.79 Å². The van der Waals surface area contributed by atoms with Crippen molar-refractivity contribution in [1.29, 1.82) is 0 Å². The molecule has 35 heavy (non-hydrogen) atoms. The number of carbonyl (C=O) groups is 4. The van der Waals surface area contributed by atoms with Gasteiger partial charge in [-0.05, 0) is 61.4 Å². The highest BCUT2D eigenvalue weighted by Gasteiger charge is 2.42. The molecule has 0 unspecified atom stereocenters. The second-order valence-corrected chi connectivity index (χ2v) is 10.6. The van der Waals surface area contributed by atoms with Gasteiger partial charge in [-0.2, -0.15) is 11.8 Å². The summed E-state index contributed by atoms with van der Waals surface area (Å²) in [6.07, 6.45) is 3.12. The van der Waals surface area contributed by atoms with Gasteiger partial charge in [0.15, 0.2) is 5.78 Å². The number of rotatable bonds is 10. The summed E-state index contributed by atoms with van der Waals surface area (Å²) < 4.78 is 0.362. The average Bonchev–Trinajstić information content (AvgIpc) is 3.41. The van der Waals surface area contributed by atoms with Crippen molar-refractivity contribution in [2.45, 2.75) is 43.0 Å². The SMILES string of the molecule is O=C(CI)Nc1ccc(C(=O)c2ccc(NC(=O)CCCC[C@@H]3SC[C@@H]4NC(=O)N[C@@H]43)cc2)cc1. The lowest BCUT2D eigenvalue weighted by Gasteiger charge is -2.16. The van der Waals surface area contributed by atoms with Gasteiger partial charge in [0.2, 0.25) is 11.8 Å². The Morgan fingerprint density at radius 3 is 2.09 bits per heavy atom. The third-order valence-electron chi connectivity index (χ3n) is 6.06. The van der Waals surface area contributed by atoms with Crippen LogP contribution in [0.3, 0.4) is 0 Å². The Kier molecular flexibility index (Phi) is 8.66. The number of amides is 4. The van der Waals surface area contributed by atoms with Crippen molar-refractivity contribution >= 4 is 69.4 Å². The van der Waals surface area contributed by atoms with Crippen LogP contribution in [0.5, 0.6) is 0 Å². The van der Waals surface area contributed by atoms with Gasteiger partial charge in [0.25, 0.3) is 0 Å². The maximum atomic E-state index is 12.7. The van der Waals surface area contributed by atoms with E-state index in [0.29, 0.717) is 38.6 Å². The number of anilines is 2. The number of hydrogen-bond donors (Lipinski definition) is 4. The summed E-state index contributed by atoms with van der Waals surface area (Å²) in [7, 11) is 0. The number of nitrogens with one attached hydrogen (secondary N) is 4. The minimum Gasteiger partial charge on any atom is -0.332 e. The first-order valence-electron chi connectivity index (χ1n) is 11.5. The normalized spacial score (nSPS) is 20.5. The van der Waals surface area contributed by atoms with E-state index in [2.05, 4.69) is 21.3 Å². The highest BCUT2D eigenvalue weighted by molar-refractivity contribution is 14.1. The molecule has 4 rings (SSSR count). The summed E-state index contributed by atoms with van der Waals surface area (Å²) in [6.45, 7) is 0. The molecule has 0 aromatic heterocycles. The molecule has 0 spiro atoms. The molecule has 0 aliphatic carbocycles. The number of thioether (sulfide) groups is 1. The van der Waals surface area contributed by atoms with E-state index < -0.39 is 0 Å². The lowest BCUT2D eigenvalue weighted by atomic mass is 10.0. The van der Waals surface area contributed by atoms with Crippen LogP contribution in [0, 0.1) is 0 Å². The summed E-state index contributed by atoms with van der Waals surface area (Å²) >= 11 is 3.87. The Morgan fingerprint density at radius 1 is 0.886 bits per heavy atom. The molecule has 10 heteroatoms. The number of carbonyl (C=O) groups excluding carboxylic acids is 4. The minimum absolute atomic E-state index is 0.0546. The number of alkyl halides is 1. The first kappa shape index (κ1) is 25.5. The number of urea groups is 1. The fourth-order valence-electron chi connectivity index (χ4n) is 4.27. The van der Waals surface area contributed by atoms with E-state index in [9.17, 15) is 19.2 Å². The minimum atomic E-state index is -0.129. The van der Waals surface area contributed by atoms with Crippen LogP contribution in [0.25, 0.3) is 0 Å². The van der Waals surface area contributed by atoms with Crippen LogP contribution in [-0.2, 0) is 9.59 Å². The zero-order valence-electron chi connectivity index (χ0n) is 19.0. The van der Waals surface area contributed by atoms with Crippen LogP contribution >= 0.6 is 34.4 Å². The van der Waals surface area contributed by atoms with Crippen molar-refractivity contribution in [3.05, 3.63) is 59.7 Å². The molecule has 3 atom stereocenters. The van der Waals surface area contributed by atoms with Crippen LogP contribution in [0.1, 0.15) is 41.6 Å². The predicted octanol–water partition coefficient (Wildman–Crippen LogP) is 3.96. The quantitative estimate of drug-likeness (QED) is 0.108. The largest absolute Gasteiger partial charge is 0.332 e. The molecule has 0 bridgehead atoms. The molecular weight excluding hydrogens is 579 g/mol. The number of benzene rings is 2. The van der Waals surface area contributed by atoms with Gasteiger partial charge in [0.1, 0.15) is 0 Å². The molecule has 4 N–H and O–H groups in total. The number of unbranched alkanes of at least 4 members (excludes halogenated alkanes) is 1. The lowest BCUT2D eigenvalue weighted by Crippen LogP contribution is -2.36. The van der Waals surface area contributed by atoms with E-state index in [-0.39, 0.29) is 35.7 Å². The fraction of sp³-hybridized carbons (Fsp3) is 0.360. The zero-order valence-corrected chi connectivity index (χ0v) is 22.0. The maximum absolute atomic E-state index is 12.7. The number of fused-ring (bicyclic) bond motifs is 1. The topological polar surface area (TPSA) is 116 Å². The summed E-state index contributed by atoms with van der Waals surface area (Å²) in [6, 6.07) is 14.0. The van der Waals surface area contributed by atoms with Crippen molar-refractivity contribution in [3.8, 4) is 0 Å². The van der Waals surface area contributed by atoms with Gasteiger partial charge < -0.3 is 21.3 Å². The van der Waals surface area contributed by atoms with Crippen molar-refractivity contribution in [2.75, 3.05) is 20.8 Å². The van der Waals surface area contributed by atoms with E-state index >= 15 is 0 Å². The number of ketones is 1. The van der Waals surface area contributed by atoms with E-state index in [1.54, 1.807) is 48.5 Å². The summed E-state index contributed by atoms with van der Waals surface area (Å²) in [5, 5.41) is 12.0. The van der Waals surface area contributed by atoms with Gasteiger partial charge in [0, 0.05) is 39.9 Å². The Balaban J connectivity index is 1.20. The van der Waals surface area contributed by atoms with Crippen molar-refractivity contribution in [2.24, 2.45) is 0 Å². The molecule has 8 nitrogen and oxygen atoms in total. The molecule has 0 saturated carbocycles. The summed E-state index contributed by atoms with van der Waals surface area (Å²) in [5.41, 5.74) is 2.34. The van der Waals surface area contributed by atoms with Gasteiger partial charge in [-0.15, -0.1) is 0 Å². The molecule has 2 aliphatic rings. The first-order valence-corrected chi connectivity index (χ1v) is 14.1. The molecule has 4 amide bonds. The van der Waals surface area contributed by atoms with Crippen LogP contribution in [0.15, 0.2) is 48.5 Å². The second-order valence-electron chi connectivity index (χ2n) is 8.58. The molecule has 2 fully saturated rings. The molecule has 184 valence electrons. The third kappa shape index (κ3) is 6.75. The predicted molar refractivity (Wildman–Crippen MR) is 146 cm³/mol. The summed E-state index contributed by atoms with van der Waals surface area (Å²) in [4.78, 5) is 48.0. The highest BCUT2D eigenvalue weighted by Crippen LogP contribution is 2.33. The summed E-state index contributed by atoms with van der Waals surface area (Å²) in [5.74, 6) is 0.663. The Hall–Kier alpha value is -2.60. The van der Waals surface area contributed by atoms with E-state index in [1.165, 1.54) is 0 Å². The average molecular weight is 606 g/mol. The Morgan fingerprint density at radius 2 is 1.49 bits per heavy atom. The zero-order chi connectivity index (χ0) is 24.8. The number of halogens is 1. The standard InChI is InChI=1S/C25H27IN4O4S/c26-13-22(32)28-18-11-7-16(8-12-18)24(33)15-5-9-17(10-6-15)27-21(31)4-2-1-3-20-23-19(14-35-20)29-25(34)30-23/h5-12,19-20,23H,1-4,13-14H2,(H,27,31)(H,28,32)(H2,29,30,34)/t19-,20-,23-/m0/s1. The van der Waals surface area contributed by atoms with E-state index in [0.717, 1.165) is 25.0 Å². The van der Waals surface area contributed by atoms with Crippen LogP contribution < -0.4 is 21.3 Å². The molecular formula is C25H27IN4O4S. The first-order chi connectivity index (χ1) is 16.9. The van der Waals surface area contributed by atoms with E-state index in [4.69, 9.17) is 0 Å². The highest BCUT2D eigenvalue weighted by atomic mass is 127. The lowest BCUT2D eigenvalue weighted by molar-refractivity contribution is -0.116. The van der Waals surface area contributed by atoms with Crippen LogP contribution in [-0.4, -0.2) is 51.1 Å². The molecule has 2 heterocycles. The monoisotopic (exact) mass is 606 g/mol.